The van der Waals surface area contributed by atoms with Gasteiger partial charge in [0.1, 0.15) is 11.7 Å². The number of hydrogen-bond acceptors (Lipinski definition) is 3. The van der Waals surface area contributed by atoms with E-state index in [1.807, 2.05) is 6.92 Å². The minimum absolute atomic E-state index is 0.117. The molecule has 1 saturated heterocycles. The van der Waals surface area contributed by atoms with E-state index in [9.17, 15) is 4.79 Å². The van der Waals surface area contributed by atoms with Gasteiger partial charge in [-0.2, -0.15) is 0 Å². The van der Waals surface area contributed by atoms with E-state index in [-0.39, 0.29) is 17.7 Å². The summed E-state index contributed by atoms with van der Waals surface area (Å²) in [6.07, 6.45) is 6.70. The van der Waals surface area contributed by atoms with Crippen molar-refractivity contribution in [3.63, 3.8) is 0 Å². The number of rotatable bonds is 2. The second-order valence-electron chi connectivity index (χ2n) is 4.94. The van der Waals surface area contributed by atoms with Crippen LogP contribution in [0.4, 0.5) is 0 Å². The summed E-state index contributed by atoms with van der Waals surface area (Å²) in [5, 5.41) is 0. The first-order chi connectivity index (χ1) is 6.66. The zero-order valence-corrected chi connectivity index (χ0v) is 8.54. The van der Waals surface area contributed by atoms with Crippen LogP contribution in [0.15, 0.2) is 0 Å². The third kappa shape index (κ3) is 0.937. The molecule has 2 aliphatic carbocycles. The van der Waals surface area contributed by atoms with Gasteiger partial charge in [0, 0.05) is 0 Å². The molecule has 3 rings (SSSR count). The van der Waals surface area contributed by atoms with Crippen LogP contribution >= 0.6 is 0 Å². The Morgan fingerprint density at radius 1 is 1.36 bits per heavy atom. The summed E-state index contributed by atoms with van der Waals surface area (Å²) >= 11 is 0. The van der Waals surface area contributed by atoms with Gasteiger partial charge in [-0.1, -0.05) is 0 Å². The SMILES string of the molecule is CC1(C(=O)OC2CCC2)OC12CCC2. The van der Waals surface area contributed by atoms with Crippen molar-refractivity contribution in [2.45, 2.75) is 62.8 Å². The largest absolute Gasteiger partial charge is 0.460 e. The fourth-order valence-corrected chi connectivity index (χ4v) is 2.42. The van der Waals surface area contributed by atoms with Crippen molar-refractivity contribution in [3.8, 4) is 0 Å². The highest BCUT2D eigenvalue weighted by molar-refractivity contribution is 5.85. The number of esters is 1. The zero-order chi connectivity index (χ0) is 9.81. The molecule has 0 amide bonds. The fourth-order valence-electron chi connectivity index (χ4n) is 2.42. The fraction of sp³-hybridized carbons (Fsp3) is 0.909. The summed E-state index contributed by atoms with van der Waals surface area (Å²) in [5.41, 5.74) is -0.714. The Labute approximate surface area is 83.8 Å². The third-order valence-electron chi connectivity index (χ3n) is 4.10. The highest BCUT2D eigenvalue weighted by Crippen LogP contribution is 2.60. The van der Waals surface area contributed by atoms with Gasteiger partial charge in [0.15, 0.2) is 5.60 Å². The van der Waals surface area contributed by atoms with E-state index in [0.717, 1.165) is 25.7 Å². The zero-order valence-electron chi connectivity index (χ0n) is 8.54. The molecule has 14 heavy (non-hydrogen) atoms. The predicted octanol–water partition coefficient (Wildman–Crippen LogP) is 1.79. The number of carbonyl (C=O) groups is 1. The van der Waals surface area contributed by atoms with Gasteiger partial charge < -0.3 is 9.47 Å². The number of carbonyl (C=O) groups excluding carboxylic acids is 1. The van der Waals surface area contributed by atoms with Gasteiger partial charge in [-0.05, 0) is 45.4 Å². The lowest BCUT2D eigenvalue weighted by atomic mass is 9.76. The first-order valence-electron chi connectivity index (χ1n) is 5.58. The van der Waals surface area contributed by atoms with Crippen LogP contribution in [0.25, 0.3) is 0 Å². The van der Waals surface area contributed by atoms with E-state index in [4.69, 9.17) is 9.47 Å². The first-order valence-corrected chi connectivity index (χ1v) is 5.58. The van der Waals surface area contributed by atoms with Gasteiger partial charge in [-0.3, -0.25) is 0 Å². The summed E-state index contributed by atoms with van der Waals surface area (Å²) < 4.78 is 11.0. The quantitative estimate of drug-likeness (QED) is 0.499. The molecule has 1 unspecified atom stereocenters. The van der Waals surface area contributed by atoms with Gasteiger partial charge in [0.2, 0.25) is 0 Å². The molecular weight excluding hydrogens is 180 g/mol. The van der Waals surface area contributed by atoms with Crippen LogP contribution in [0.3, 0.4) is 0 Å². The van der Waals surface area contributed by atoms with Crippen LogP contribution in [0.2, 0.25) is 0 Å². The normalized spacial score (nSPS) is 38.6. The van der Waals surface area contributed by atoms with Crippen LogP contribution in [0, 0.1) is 0 Å². The number of epoxide rings is 1. The Bertz CT molecular complexity index is 278. The second-order valence-corrected chi connectivity index (χ2v) is 4.94. The minimum Gasteiger partial charge on any atom is -0.460 e. The predicted molar refractivity (Wildman–Crippen MR) is 49.8 cm³/mol. The Hall–Kier alpha value is -0.570. The van der Waals surface area contributed by atoms with Crippen molar-refractivity contribution >= 4 is 5.97 Å². The van der Waals surface area contributed by atoms with Crippen molar-refractivity contribution < 1.29 is 14.3 Å². The van der Waals surface area contributed by atoms with Gasteiger partial charge in [-0.15, -0.1) is 0 Å². The van der Waals surface area contributed by atoms with Gasteiger partial charge in [0.25, 0.3) is 0 Å². The topological polar surface area (TPSA) is 38.8 Å². The van der Waals surface area contributed by atoms with Crippen molar-refractivity contribution in [1.82, 2.24) is 0 Å². The lowest BCUT2D eigenvalue weighted by molar-refractivity contribution is -0.159. The maximum atomic E-state index is 11.8. The highest BCUT2D eigenvalue weighted by atomic mass is 16.7. The van der Waals surface area contributed by atoms with E-state index in [2.05, 4.69) is 0 Å². The van der Waals surface area contributed by atoms with Crippen molar-refractivity contribution in [2.75, 3.05) is 0 Å². The summed E-state index contributed by atoms with van der Waals surface area (Å²) in [5.74, 6) is -0.123. The maximum Gasteiger partial charge on any atom is 0.341 e. The van der Waals surface area contributed by atoms with Crippen LogP contribution in [0.5, 0.6) is 0 Å². The summed E-state index contributed by atoms with van der Waals surface area (Å²) in [4.78, 5) is 11.8. The number of ether oxygens (including phenoxy) is 2. The van der Waals surface area contributed by atoms with Crippen molar-refractivity contribution in [3.05, 3.63) is 0 Å². The van der Waals surface area contributed by atoms with Crippen molar-refractivity contribution in [1.29, 1.82) is 0 Å². The van der Waals surface area contributed by atoms with Crippen LogP contribution < -0.4 is 0 Å². The molecule has 1 spiro atoms. The average Bonchev–Trinajstić information content (AvgIpc) is 2.66. The van der Waals surface area contributed by atoms with Gasteiger partial charge in [0.05, 0.1) is 0 Å². The molecule has 3 nitrogen and oxygen atoms in total. The smallest absolute Gasteiger partial charge is 0.341 e. The Morgan fingerprint density at radius 2 is 2.07 bits per heavy atom. The molecule has 0 aromatic carbocycles. The molecular formula is C11H16O3. The standard InChI is InChI=1S/C11H16O3/c1-10(11(14-10)6-3-7-11)9(12)13-8-4-2-5-8/h8H,2-7H2,1H3. The van der Waals surface area contributed by atoms with E-state index in [0.29, 0.717) is 0 Å². The molecule has 3 aliphatic rings. The molecule has 1 atom stereocenters. The van der Waals surface area contributed by atoms with E-state index >= 15 is 0 Å². The Morgan fingerprint density at radius 3 is 2.43 bits per heavy atom. The molecule has 0 N–H and O–H groups in total. The average molecular weight is 196 g/mol. The molecule has 1 heterocycles. The van der Waals surface area contributed by atoms with E-state index < -0.39 is 5.60 Å². The minimum atomic E-state index is -0.596. The summed E-state index contributed by atoms with van der Waals surface area (Å²) in [7, 11) is 0. The van der Waals surface area contributed by atoms with Crippen LogP contribution in [-0.4, -0.2) is 23.3 Å². The summed E-state index contributed by atoms with van der Waals surface area (Å²) in [6, 6.07) is 0. The van der Waals surface area contributed by atoms with Crippen LogP contribution in [0.1, 0.15) is 45.4 Å². The molecule has 0 radical (unpaired) electrons. The Kier molecular flexibility index (Phi) is 1.56. The summed E-state index contributed by atoms with van der Waals surface area (Å²) in [6.45, 7) is 1.88. The first kappa shape index (κ1) is 8.72. The molecule has 0 bridgehead atoms. The van der Waals surface area contributed by atoms with Gasteiger partial charge >= 0.3 is 5.97 Å². The molecule has 0 aromatic rings. The molecule has 3 fully saturated rings. The van der Waals surface area contributed by atoms with E-state index in [1.165, 1.54) is 12.8 Å². The highest BCUT2D eigenvalue weighted by Gasteiger charge is 2.74. The monoisotopic (exact) mass is 196 g/mol. The molecule has 1 aliphatic heterocycles. The molecule has 0 aromatic heterocycles. The maximum absolute atomic E-state index is 11.8. The lowest BCUT2D eigenvalue weighted by Crippen LogP contribution is -2.40. The lowest BCUT2D eigenvalue weighted by Gasteiger charge is -2.28. The molecule has 3 heteroatoms. The van der Waals surface area contributed by atoms with Crippen LogP contribution in [-0.2, 0) is 14.3 Å². The second kappa shape index (κ2) is 2.51. The molecule has 2 saturated carbocycles. The third-order valence-corrected chi connectivity index (χ3v) is 4.10. The number of hydrogen-bond donors (Lipinski definition) is 0. The van der Waals surface area contributed by atoms with Gasteiger partial charge in [-0.25, -0.2) is 4.79 Å². The molecule has 78 valence electrons. The van der Waals surface area contributed by atoms with Crippen molar-refractivity contribution in [2.24, 2.45) is 0 Å². The van der Waals surface area contributed by atoms with E-state index in [1.54, 1.807) is 0 Å². The Balaban J connectivity index is 1.62.